The molecule has 0 saturated carbocycles. The first-order valence-corrected chi connectivity index (χ1v) is 7.49. The third-order valence-corrected chi connectivity index (χ3v) is 4.55. The molecular formula is C10H23N3O2S. The highest BCUT2D eigenvalue weighted by atomic mass is 32.2. The third kappa shape index (κ3) is 4.01. The summed E-state index contributed by atoms with van der Waals surface area (Å²) in [6, 6.07) is 0. The zero-order valence-corrected chi connectivity index (χ0v) is 10.8. The van der Waals surface area contributed by atoms with Crippen molar-refractivity contribution in [2.24, 2.45) is 11.7 Å². The fourth-order valence-electron chi connectivity index (χ4n) is 1.91. The van der Waals surface area contributed by atoms with E-state index in [2.05, 4.69) is 4.72 Å². The summed E-state index contributed by atoms with van der Waals surface area (Å²) in [5, 5.41) is 0. The molecular weight excluding hydrogens is 226 g/mol. The van der Waals surface area contributed by atoms with Crippen molar-refractivity contribution >= 4 is 10.2 Å². The average Bonchev–Trinajstić information content (AvgIpc) is 2.29. The number of nitrogens with two attached hydrogens (primary N) is 1. The van der Waals surface area contributed by atoms with E-state index in [4.69, 9.17) is 5.73 Å². The lowest BCUT2D eigenvalue weighted by molar-refractivity contribution is 0.268. The lowest BCUT2D eigenvalue weighted by Crippen LogP contribution is -2.47. The largest absolute Gasteiger partial charge is 0.330 e. The predicted octanol–water partition coefficient (Wildman–Crippen LogP) is 0.292. The van der Waals surface area contributed by atoms with E-state index in [1.54, 1.807) is 0 Å². The maximum atomic E-state index is 11.9. The average molecular weight is 249 g/mol. The Bertz CT molecular complexity index is 292. The Morgan fingerprint density at radius 3 is 2.88 bits per heavy atom. The first-order valence-electron chi connectivity index (χ1n) is 6.05. The SMILES string of the molecule is CCCCNS(=O)(=O)N1CCCC(CN)C1. The monoisotopic (exact) mass is 249 g/mol. The van der Waals surface area contributed by atoms with Crippen LogP contribution < -0.4 is 10.5 Å². The first-order chi connectivity index (χ1) is 7.60. The van der Waals surface area contributed by atoms with Gasteiger partial charge in [0.15, 0.2) is 0 Å². The Morgan fingerprint density at radius 2 is 2.25 bits per heavy atom. The molecule has 0 aliphatic carbocycles. The Labute approximate surface area is 98.6 Å². The summed E-state index contributed by atoms with van der Waals surface area (Å²) >= 11 is 0. The molecule has 1 aliphatic heterocycles. The van der Waals surface area contributed by atoms with Crippen molar-refractivity contribution in [3.63, 3.8) is 0 Å². The fourth-order valence-corrected chi connectivity index (χ4v) is 3.27. The zero-order valence-electron chi connectivity index (χ0n) is 9.98. The van der Waals surface area contributed by atoms with Crippen LogP contribution in [0, 0.1) is 5.92 Å². The van der Waals surface area contributed by atoms with Gasteiger partial charge in [0.1, 0.15) is 0 Å². The molecule has 1 heterocycles. The molecule has 1 aliphatic rings. The molecule has 6 heteroatoms. The summed E-state index contributed by atoms with van der Waals surface area (Å²) in [5.74, 6) is 0.316. The summed E-state index contributed by atoms with van der Waals surface area (Å²) in [5.41, 5.74) is 5.59. The van der Waals surface area contributed by atoms with Gasteiger partial charge < -0.3 is 5.73 Å². The maximum absolute atomic E-state index is 11.9. The Morgan fingerprint density at radius 1 is 1.50 bits per heavy atom. The lowest BCUT2D eigenvalue weighted by Gasteiger charge is -2.31. The predicted molar refractivity (Wildman–Crippen MR) is 65.2 cm³/mol. The van der Waals surface area contributed by atoms with Gasteiger partial charge in [-0.15, -0.1) is 0 Å². The van der Waals surface area contributed by atoms with Gasteiger partial charge in [-0.25, -0.2) is 4.72 Å². The smallest absolute Gasteiger partial charge is 0.279 e. The number of hydrogen-bond donors (Lipinski definition) is 2. The highest BCUT2D eigenvalue weighted by Gasteiger charge is 2.27. The van der Waals surface area contributed by atoms with Crippen LogP contribution in [0.5, 0.6) is 0 Å². The Kier molecular flexibility index (Phi) is 5.68. The number of rotatable bonds is 6. The molecule has 0 radical (unpaired) electrons. The van der Waals surface area contributed by atoms with E-state index in [0.29, 0.717) is 32.1 Å². The van der Waals surface area contributed by atoms with Crippen molar-refractivity contribution in [3.8, 4) is 0 Å². The molecule has 0 bridgehead atoms. The molecule has 0 spiro atoms. The quantitative estimate of drug-likeness (QED) is 0.664. The first kappa shape index (κ1) is 13.9. The van der Waals surface area contributed by atoms with Gasteiger partial charge in [-0.3, -0.25) is 0 Å². The van der Waals surface area contributed by atoms with Crippen LogP contribution >= 0.6 is 0 Å². The van der Waals surface area contributed by atoms with Crippen molar-refractivity contribution in [2.75, 3.05) is 26.2 Å². The van der Waals surface area contributed by atoms with Crippen LogP contribution in [0.3, 0.4) is 0 Å². The van der Waals surface area contributed by atoms with Crippen molar-refractivity contribution in [1.82, 2.24) is 9.03 Å². The molecule has 1 unspecified atom stereocenters. The number of hydrogen-bond acceptors (Lipinski definition) is 3. The number of nitrogens with one attached hydrogen (secondary N) is 1. The van der Waals surface area contributed by atoms with Gasteiger partial charge in [0.05, 0.1) is 0 Å². The summed E-state index contributed by atoms with van der Waals surface area (Å²) in [4.78, 5) is 0. The summed E-state index contributed by atoms with van der Waals surface area (Å²) < 4.78 is 28.0. The van der Waals surface area contributed by atoms with Crippen molar-refractivity contribution in [2.45, 2.75) is 32.6 Å². The van der Waals surface area contributed by atoms with Crippen LogP contribution in [-0.2, 0) is 10.2 Å². The van der Waals surface area contributed by atoms with E-state index < -0.39 is 10.2 Å². The minimum atomic E-state index is -3.27. The summed E-state index contributed by atoms with van der Waals surface area (Å²) in [7, 11) is -3.27. The molecule has 1 saturated heterocycles. The van der Waals surface area contributed by atoms with Crippen LogP contribution in [-0.4, -0.2) is 38.9 Å². The minimum Gasteiger partial charge on any atom is -0.330 e. The number of piperidine rings is 1. The van der Waals surface area contributed by atoms with E-state index in [0.717, 1.165) is 25.7 Å². The van der Waals surface area contributed by atoms with E-state index >= 15 is 0 Å². The van der Waals surface area contributed by atoms with Gasteiger partial charge in [0.2, 0.25) is 0 Å². The molecule has 16 heavy (non-hydrogen) atoms. The van der Waals surface area contributed by atoms with E-state index in [1.165, 1.54) is 4.31 Å². The Hall–Kier alpha value is -0.170. The summed E-state index contributed by atoms with van der Waals surface area (Å²) in [6.07, 6.45) is 3.83. The highest BCUT2D eigenvalue weighted by Crippen LogP contribution is 2.17. The molecule has 0 aromatic heterocycles. The molecule has 5 nitrogen and oxygen atoms in total. The molecule has 0 aromatic carbocycles. The van der Waals surface area contributed by atoms with Crippen molar-refractivity contribution in [1.29, 1.82) is 0 Å². The van der Waals surface area contributed by atoms with E-state index in [-0.39, 0.29) is 0 Å². The minimum absolute atomic E-state index is 0.316. The van der Waals surface area contributed by atoms with Crippen molar-refractivity contribution < 1.29 is 8.42 Å². The second-order valence-electron chi connectivity index (χ2n) is 4.35. The molecule has 96 valence electrons. The van der Waals surface area contributed by atoms with Crippen LogP contribution in [0.1, 0.15) is 32.6 Å². The van der Waals surface area contributed by atoms with Gasteiger partial charge in [-0.2, -0.15) is 12.7 Å². The number of nitrogens with zero attached hydrogens (tertiary/aromatic N) is 1. The van der Waals surface area contributed by atoms with Crippen molar-refractivity contribution in [3.05, 3.63) is 0 Å². The van der Waals surface area contributed by atoms with Crippen LogP contribution in [0.15, 0.2) is 0 Å². The third-order valence-electron chi connectivity index (χ3n) is 2.97. The normalized spacial score (nSPS) is 23.5. The van der Waals surface area contributed by atoms with Gasteiger partial charge >= 0.3 is 0 Å². The maximum Gasteiger partial charge on any atom is 0.279 e. The molecule has 0 aromatic rings. The fraction of sp³-hybridized carbons (Fsp3) is 1.00. The van der Waals surface area contributed by atoms with Gasteiger partial charge in [0.25, 0.3) is 10.2 Å². The van der Waals surface area contributed by atoms with Gasteiger partial charge in [0, 0.05) is 19.6 Å². The van der Waals surface area contributed by atoms with Crippen LogP contribution in [0.4, 0.5) is 0 Å². The van der Waals surface area contributed by atoms with E-state index in [9.17, 15) is 8.42 Å². The standard InChI is InChI=1S/C10H23N3O2S/c1-2-3-6-12-16(14,15)13-7-4-5-10(8-11)9-13/h10,12H,2-9,11H2,1H3. The Balaban J connectivity index is 2.47. The second kappa shape index (κ2) is 6.54. The van der Waals surface area contributed by atoms with Gasteiger partial charge in [-0.05, 0) is 31.7 Å². The summed E-state index contributed by atoms with van der Waals surface area (Å²) in [6.45, 7) is 4.33. The molecule has 0 amide bonds. The molecule has 1 rings (SSSR count). The number of unbranched alkanes of at least 4 members (excludes halogenated alkanes) is 1. The zero-order chi connectivity index (χ0) is 12.0. The molecule has 1 atom stereocenters. The van der Waals surface area contributed by atoms with Crippen LogP contribution in [0.25, 0.3) is 0 Å². The highest BCUT2D eigenvalue weighted by molar-refractivity contribution is 7.87. The topological polar surface area (TPSA) is 75.4 Å². The molecule has 3 N–H and O–H groups in total. The van der Waals surface area contributed by atoms with E-state index in [1.807, 2.05) is 6.92 Å². The lowest BCUT2D eigenvalue weighted by atomic mass is 10.0. The van der Waals surface area contributed by atoms with Crippen LogP contribution in [0.2, 0.25) is 0 Å². The molecule has 1 fully saturated rings. The second-order valence-corrected chi connectivity index (χ2v) is 6.11. The van der Waals surface area contributed by atoms with Gasteiger partial charge in [-0.1, -0.05) is 13.3 Å².